The third kappa shape index (κ3) is 5.53. The minimum absolute atomic E-state index is 0.0155. The number of carboxylic acids is 1. The van der Waals surface area contributed by atoms with Crippen LogP contribution in [0, 0.1) is 0 Å². The lowest BCUT2D eigenvalue weighted by molar-refractivity contribution is -0.136. The van der Waals surface area contributed by atoms with Gasteiger partial charge in [0.05, 0.1) is 37.8 Å². The molecule has 7 nitrogen and oxygen atoms in total. The highest BCUT2D eigenvalue weighted by atomic mass is 32.2. The van der Waals surface area contributed by atoms with Gasteiger partial charge in [-0.15, -0.1) is 0 Å². The van der Waals surface area contributed by atoms with E-state index in [2.05, 4.69) is 4.98 Å². The summed E-state index contributed by atoms with van der Waals surface area (Å²) in [5.41, 5.74) is 1.83. The molecule has 134 valence electrons. The molecule has 0 bridgehead atoms. The third-order valence-electron chi connectivity index (χ3n) is 3.64. The largest absolute Gasteiger partial charge is 0.497 e. The van der Waals surface area contributed by atoms with Gasteiger partial charge in [-0.25, -0.2) is 9.78 Å². The molecule has 0 fully saturated rings. The number of hydrogen-bond acceptors (Lipinski definition) is 6. The monoisotopic (exact) mass is 364 g/mol. The van der Waals surface area contributed by atoms with E-state index in [1.54, 1.807) is 19.6 Å². The van der Waals surface area contributed by atoms with E-state index in [4.69, 9.17) is 14.6 Å². The van der Waals surface area contributed by atoms with E-state index < -0.39 is 11.3 Å². The predicted octanol–water partition coefficient (Wildman–Crippen LogP) is 3.35. The van der Waals surface area contributed by atoms with Crippen LogP contribution in [0.1, 0.15) is 30.6 Å². The second-order valence-electron chi connectivity index (χ2n) is 5.27. The quantitative estimate of drug-likeness (QED) is 0.718. The molecule has 0 amide bonds. The lowest BCUT2D eigenvalue weighted by Gasteiger charge is -2.17. The first-order valence-corrected chi connectivity index (χ1v) is 8.66. The van der Waals surface area contributed by atoms with E-state index in [0.717, 1.165) is 28.8 Å². The van der Waals surface area contributed by atoms with Gasteiger partial charge in [0.25, 0.3) is 0 Å². The third-order valence-corrected chi connectivity index (χ3v) is 4.40. The van der Waals surface area contributed by atoms with E-state index in [1.165, 1.54) is 0 Å². The van der Waals surface area contributed by atoms with Crippen molar-refractivity contribution in [2.45, 2.75) is 26.0 Å². The fraction of sp³-hybridized carbons (Fsp3) is 0.353. The predicted molar refractivity (Wildman–Crippen MR) is 93.9 cm³/mol. The molecule has 0 spiro atoms. The molecule has 1 aromatic heterocycles. The Bertz CT molecular complexity index is 714. The van der Waals surface area contributed by atoms with Crippen molar-refractivity contribution in [3.63, 3.8) is 0 Å². The molecule has 2 rings (SSSR count). The summed E-state index contributed by atoms with van der Waals surface area (Å²) < 4.78 is 12.3. The second kappa shape index (κ2) is 9.12. The maximum absolute atomic E-state index is 11.6. The van der Waals surface area contributed by atoms with Crippen LogP contribution in [0.5, 0.6) is 5.75 Å². The highest BCUT2D eigenvalue weighted by molar-refractivity contribution is 8.13. The number of benzene rings is 1. The number of rotatable bonds is 8. The number of hydrogen-bond donors (Lipinski definition) is 1. The SMILES string of the molecule is COc1ccc(C(C)n2cncc2COC(=O)SCCC(=O)O)cc1. The van der Waals surface area contributed by atoms with Crippen LogP contribution in [0.2, 0.25) is 0 Å². The number of carbonyl (C=O) groups excluding carboxylic acids is 1. The van der Waals surface area contributed by atoms with Gasteiger partial charge in [0.2, 0.25) is 0 Å². The van der Waals surface area contributed by atoms with Crippen molar-refractivity contribution in [3.8, 4) is 5.75 Å². The maximum Gasteiger partial charge on any atom is 0.367 e. The van der Waals surface area contributed by atoms with Crippen LogP contribution < -0.4 is 4.74 Å². The van der Waals surface area contributed by atoms with Crippen molar-refractivity contribution < 1.29 is 24.2 Å². The van der Waals surface area contributed by atoms with Crippen molar-refractivity contribution in [2.24, 2.45) is 0 Å². The Balaban J connectivity index is 1.94. The van der Waals surface area contributed by atoms with E-state index in [1.807, 2.05) is 35.8 Å². The molecule has 0 saturated carbocycles. The maximum atomic E-state index is 11.6. The van der Waals surface area contributed by atoms with Crippen molar-refractivity contribution in [2.75, 3.05) is 12.9 Å². The zero-order valence-corrected chi connectivity index (χ0v) is 14.9. The Morgan fingerprint density at radius 2 is 2.04 bits per heavy atom. The highest BCUT2D eigenvalue weighted by Gasteiger charge is 2.14. The zero-order chi connectivity index (χ0) is 18.2. The highest BCUT2D eigenvalue weighted by Crippen LogP contribution is 2.23. The van der Waals surface area contributed by atoms with Crippen LogP contribution >= 0.6 is 11.8 Å². The molecule has 1 N–H and O–H groups in total. The molecule has 25 heavy (non-hydrogen) atoms. The molecule has 1 unspecified atom stereocenters. The lowest BCUT2D eigenvalue weighted by atomic mass is 10.1. The van der Waals surface area contributed by atoms with Crippen molar-refractivity contribution >= 4 is 23.0 Å². The molecule has 1 aromatic carbocycles. The fourth-order valence-electron chi connectivity index (χ4n) is 2.23. The summed E-state index contributed by atoms with van der Waals surface area (Å²) in [6.45, 7) is 2.11. The van der Waals surface area contributed by atoms with E-state index in [-0.39, 0.29) is 24.8 Å². The molecule has 0 aliphatic carbocycles. The van der Waals surface area contributed by atoms with Crippen molar-refractivity contribution in [3.05, 3.63) is 48.0 Å². The first-order chi connectivity index (χ1) is 12.0. The van der Waals surface area contributed by atoms with Crippen LogP contribution in [-0.2, 0) is 16.1 Å². The number of carbonyl (C=O) groups is 2. The summed E-state index contributed by atoms with van der Waals surface area (Å²) >= 11 is 0.856. The molecule has 2 aromatic rings. The number of aromatic nitrogens is 2. The van der Waals surface area contributed by atoms with E-state index in [0.29, 0.717) is 0 Å². The molecular weight excluding hydrogens is 344 g/mol. The Morgan fingerprint density at radius 1 is 1.32 bits per heavy atom. The van der Waals surface area contributed by atoms with Crippen LogP contribution in [0.3, 0.4) is 0 Å². The minimum atomic E-state index is -0.938. The molecule has 0 saturated heterocycles. The Labute approximate surface area is 150 Å². The summed E-state index contributed by atoms with van der Waals surface area (Å²) in [5.74, 6) is 0.0381. The first-order valence-electron chi connectivity index (χ1n) is 7.67. The van der Waals surface area contributed by atoms with Gasteiger partial charge in [0, 0.05) is 5.75 Å². The van der Waals surface area contributed by atoms with Crippen LogP contribution in [-0.4, -0.2) is 38.8 Å². The summed E-state index contributed by atoms with van der Waals surface area (Å²) in [5, 5.41) is 8.07. The molecule has 1 atom stereocenters. The summed E-state index contributed by atoms with van der Waals surface area (Å²) in [6, 6.07) is 7.74. The van der Waals surface area contributed by atoms with Gasteiger partial charge >= 0.3 is 11.3 Å². The average Bonchev–Trinajstić information content (AvgIpc) is 3.07. The second-order valence-corrected chi connectivity index (χ2v) is 6.30. The Morgan fingerprint density at radius 3 is 2.68 bits per heavy atom. The molecular formula is C17H20N2O5S. The number of aliphatic carboxylic acids is 1. The molecule has 8 heteroatoms. The number of imidazole rings is 1. The van der Waals surface area contributed by atoms with Gasteiger partial charge in [0.1, 0.15) is 12.4 Å². The number of nitrogens with zero attached hydrogens (tertiary/aromatic N) is 2. The van der Waals surface area contributed by atoms with Crippen molar-refractivity contribution in [1.29, 1.82) is 0 Å². The molecule has 0 aliphatic rings. The van der Waals surface area contributed by atoms with Crippen molar-refractivity contribution in [1.82, 2.24) is 9.55 Å². The van der Waals surface area contributed by atoms with Gasteiger partial charge in [0.15, 0.2) is 0 Å². The topological polar surface area (TPSA) is 90.7 Å². The average molecular weight is 364 g/mol. The number of carboxylic acid groups (broad SMARTS) is 1. The van der Waals surface area contributed by atoms with E-state index >= 15 is 0 Å². The fourth-order valence-corrected chi connectivity index (χ4v) is 2.82. The van der Waals surface area contributed by atoms with Gasteiger partial charge in [-0.1, -0.05) is 12.1 Å². The summed E-state index contributed by atoms with van der Waals surface area (Å²) in [7, 11) is 1.62. The summed E-state index contributed by atoms with van der Waals surface area (Å²) in [4.78, 5) is 26.2. The van der Waals surface area contributed by atoms with Crippen LogP contribution in [0.4, 0.5) is 4.79 Å². The lowest BCUT2D eigenvalue weighted by Crippen LogP contribution is -2.11. The standard InChI is InChI=1S/C17H20N2O5S/c1-12(13-3-5-15(23-2)6-4-13)19-11-18-9-14(19)10-24-17(22)25-8-7-16(20)21/h3-6,9,11-12H,7-8,10H2,1-2H3,(H,20,21). The zero-order valence-electron chi connectivity index (χ0n) is 14.0. The Kier molecular flexibility index (Phi) is 6.88. The summed E-state index contributed by atoms with van der Waals surface area (Å²) in [6.07, 6.45) is 3.26. The molecule has 1 heterocycles. The molecule has 0 radical (unpaired) electrons. The van der Waals surface area contributed by atoms with E-state index in [9.17, 15) is 9.59 Å². The first kappa shape index (κ1) is 18.9. The number of methoxy groups -OCH3 is 1. The van der Waals surface area contributed by atoms with Gasteiger partial charge in [-0.05, 0) is 36.4 Å². The Hall–Kier alpha value is -2.48. The number of thioether (sulfide) groups is 1. The van der Waals surface area contributed by atoms with Gasteiger partial charge < -0.3 is 19.1 Å². The normalized spacial score (nSPS) is 11.8. The minimum Gasteiger partial charge on any atom is -0.497 e. The smallest absolute Gasteiger partial charge is 0.367 e. The van der Waals surface area contributed by atoms with Crippen LogP contribution in [0.15, 0.2) is 36.8 Å². The molecule has 0 aliphatic heterocycles. The van der Waals surface area contributed by atoms with Crippen LogP contribution in [0.25, 0.3) is 0 Å². The number of ether oxygens (including phenoxy) is 2. The van der Waals surface area contributed by atoms with Gasteiger partial charge in [-0.3, -0.25) is 4.79 Å². The van der Waals surface area contributed by atoms with Gasteiger partial charge in [-0.2, -0.15) is 0 Å².